The Morgan fingerprint density at radius 2 is 1.24 bits per heavy atom. The van der Waals surface area contributed by atoms with Crippen LogP contribution in [-0.2, 0) is 21.5 Å². The Hall–Kier alpha value is -1.12. The molecule has 0 heterocycles. The van der Waals surface area contributed by atoms with Crippen molar-refractivity contribution in [2.24, 2.45) is 0 Å². The highest BCUT2D eigenvalue weighted by molar-refractivity contribution is 7.86. The van der Waals surface area contributed by atoms with Crippen molar-refractivity contribution in [3.8, 4) is 0 Å². The van der Waals surface area contributed by atoms with Gasteiger partial charge in [0.05, 0.1) is 13.2 Å². The smallest absolute Gasteiger partial charge is 0.377 e. The van der Waals surface area contributed by atoms with Crippen molar-refractivity contribution >= 4 is 10.1 Å². The molecule has 210 valence electrons. The summed E-state index contributed by atoms with van der Waals surface area (Å²) in [6.45, 7) is -0.127. The average Bonchev–Trinajstić information content (AvgIpc) is 2.91. The molecule has 37 heavy (non-hydrogen) atoms. The lowest BCUT2D eigenvalue weighted by Gasteiger charge is -2.32. The molecule has 1 aromatic carbocycles. The maximum Gasteiger partial charge on any atom is 0.400 e. The molecular weight excluding hydrogens is 501 g/mol. The predicted octanol–water partition coefficient (Wildman–Crippen LogP) is 8.56. The monoisotopic (exact) mass is 544 g/mol. The lowest BCUT2D eigenvalue weighted by Crippen LogP contribution is -2.39. The summed E-state index contributed by atoms with van der Waals surface area (Å²) >= 11 is 0. The third-order valence-electron chi connectivity index (χ3n) is 8.98. The fraction of sp³-hybridized carbons (Fsp3) is 0.793. The molecule has 4 rings (SSSR count). The molecule has 0 spiro atoms. The Morgan fingerprint density at radius 1 is 0.811 bits per heavy atom. The van der Waals surface area contributed by atoms with Gasteiger partial charge in [-0.25, -0.2) is 4.39 Å². The van der Waals surface area contributed by atoms with Crippen LogP contribution < -0.4 is 0 Å². The first-order valence-electron chi connectivity index (χ1n) is 14.4. The van der Waals surface area contributed by atoms with E-state index in [9.17, 15) is 21.6 Å². The van der Waals surface area contributed by atoms with Crippen molar-refractivity contribution < 1.29 is 30.9 Å². The largest absolute Gasteiger partial charge is 0.400 e. The first kappa shape index (κ1) is 28.9. The number of ether oxygens (including phenoxy) is 1. The fourth-order valence-corrected chi connectivity index (χ4v) is 7.27. The molecule has 1 unspecified atom stereocenters. The second-order valence-electron chi connectivity index (χ2n) is 11.5. The molecule has 1 atom stereocenters. The van der Waals surface area contributed by atoms with Crippen LogP contribution in [0.5, 0.6) is 0 Å². The quantitative estimate of drug-likeness (QED) is 0.237. The standard InChI is InChI=1S/C29H43F3O4S/c30-28(29(31,32)37(33,34)35)16-17-36-20-27-25(22-12-6-2-7-13-22)18-24(21-10-4-1-5-11-21)19-26(27)23-14-8-3-9-15-23/h18-19,21-23,28H,1-17,20H2,(H,33,34,35). The van der Waals surface area contributed by atoms with E-state index in [0.29, 0.717) is 17.8 Å². The van der Waals surface area contributed by atoms with Crippen LogP contribution >= 0.6 is 0 Å². The van der Waals surface area contributed by atoms with Crippen molar-refractivity contribution in [2.45, 2.75) is 139 Å². The summed E-state index contributed by atoms with van der Waals surface area (Å²) in [6, 6.07) is 4.81. The van der Waals surface area contributed by atoms with Crippen molar-refractivity contribution in [1.29, 1.82) is 0 Å². The molecule has 1 N–H and O–H groups in total. The summed E-state index contributed by atoms with van der Waals surface area (Å²) < 4.78 is 77.5. The zero-order chi connectivity index (χ0) is 26.5. The summed E-state index contributed by atoms with van der Waals surface area (Å²) in [6.07, 6.45) is 14.3. The molecule has 8 heteroatoms. The van der Waals surface area contributed by atoms with Crippen molar-refractivity contribution in [3.63, 3.8) is 0 Å². The lowest BCUT2D eigenvalue weighted by atomic mass is 9.73. The summed E-state index contributed by atoms with van der Waals surface area (Å²) in [7, 11) is -5.81. The first-order valence-corrected chi connectivity index (χ1v) is 15.9. The molecule has 0 aliphatic heterocycles. The molecule has 4 nitrogen and oxygen atoms in total. The van der Waals surface area contributed by atoms with E-state index < -0.39 is 28.0 Å². The Labute approximate surface area is 220 Å². The minimum absolute atomic E-state index is 0.215. The Kier molecular flexibility index (Phi) is 10.0. The predicted molar refractivity (Wildman–Crippen MR) is 140 cm³/mol. The van der Waals surface area contributed by atoms with Gasteiger partial charge < -0.3 is 4.74 Å². The molecule has 3 fully saturated rings. The van der Waals surface area contributed by atoms with Crippen LogP contribution in [0.4, 0.5) is 13.2 Å². The SMILES string of the molecule is O=S(=O)(O)C(F)(F)C(F)CCOCc1c(C2CCCCC2)cc(C2CCCCC2)cc1C1CCCCC1. The van der Waals surface area contributed by atoms with Gasteiger partial charge in [-0.05, 0) is 78.5 Å². The molecule has 0 aromatic heterocycles. The number of rotatable bonds is 10. The van der Waals surface area contributed by atoms with E-state index in [1.165, 1.54) is 87.3 Å². The molecular formula is C29H43F3O4S. The highest BCUT2D eigenvalue weighted by Gasteiger charge is 2.52. The molecule has 3 aliphatic rings. The van der Waals surface area contributed by atoms with Gasteiger partial charge >= 0.3 is 15.4 Å². The van der Waals surface area contributed by atoms with Crippen LogP contribution in [0.15, 0.2) is 12.1 Å². The van der Waals surface area contributed by atoms with Crippen LogP contribution in [0.3, 0.4) is 0 Å². The van der Waals surface area contributed by atoms with Crippen LogP contribution in [0.1, 0.15) is 143 Å². The van der Waals surface area contributed by atoms with Crippen molar-refractivity contribution in [2.75, 3.05) is 6.61 Å². The first-order chi connectivity index (χ1) is 17.7. The Morgan fingerprint density at radius 3 is 1.68 bits per heavy atom. The van der Waals surface area contributed by atoms with Gasteiger partial charge in [-0.2, -0.15) is 17.2 Å². The van der Waals surface area contributed by atoms with Crippen LogP contribution in [0.25, 0.3) is 0 Å². The maximum atomic E-state index is 14.0. The second-order valence-corrected chi connectivity index (χ2v) is 13.0. The van der Waals surface area contributed by atoms with Gasteiger partial charge in [-0.1, -0.05) is 69.9 Å². The van der Waals surface area contributed by atoms with Gasteiger partial charge in [0.2, 0.25) is 0 Å². The van der Waals surface area contributed by atoms with Crippen LogP contribution in [0, 0.1) is 0 Å². The van der Waals surface area contributed by atoms with E-state index >= 15 is 0 Å². The fourth-order valence-electron chi connectivity index (χ4n) is 6.83. The maximum absolute atomic E-state index is 14.0. The summed E-state index contributed by atoms with van der Waals surface area (Å²) in [5, 5.41) is -4.83. The number of hydrogen-bond donors (Lipinski definition) is 1. The van der Waals surface area contributed by atoms with Gasteiger partial charge in [0.1, 0.15) is 0 Å². The Bertz CT molecular complexity index is 940. The van der Waals surface area contributed by atoms with Gasteiger partial charge in [-0.3, -0.25) is 4.55 Å². The van der Waals surface area contributed by atoms with E-state index in [2.05, 4.69) is 12.1 Å². The van der Waals surface area contributed by atoms with Crippen molar-refractivity contribution in [3.05, 3.63) is 34.4 Å². The zero-order valence-corrected chi connectivity index (χ0v) is 22.7. The van der Waals surface area contributed by atoms with Gasteiger partial charge in [0, 0.05) is 6.42 Å². The van der Waals surface area contributed by atoms with Gasteiger partial charge in [0.25, 0.3) is 0 Å². The topological polar surface area (TPSA) is 63.6 Å². The minimum Gasteiger partial charge on any atom is -0.377 e. The number of alkyl halides is 3. The van der Waals surface area contributed by atoms with E-state index in [1.54, 1.807) is 0 Å². The lowest BCUT2D eigenvalue weighted by molar-refractivity contribution is -0.0205. The molecule has 3 aliphatic carbocycles. The van der Waals surface area contributed by atoms with Gasteiger partial charge in [-0.15, -0.1) is 0 Å². The molecule has 0 amide bonds. The summed E-state index contributed by atoms with van der Waals surface area (Å²) in [4.78, 5) is 0. The van der Waals surface area contributed by atoms with Crippen LogP contribution in [-0.4, -0.2) is 31.0 Å². The Balaban J connectivity index is 1.59. The molecule has 0 bridgehead atoms. The molecule has 0 saturated heterocycles. The van der Waals surface area contributed by atoms with E-state index in [1.807, 2.05) is 0 Å². The molecule has 0 radical (unpaired) electrons. The van der Waals surface area contributed by atoms with E-state index in [4.69, 9.17) is 9.29 Å². The molecule has 1 aromatic rings. The second kappa shape index (κ2) is 12.8. The van der Waals surface area contributed by atoms with E-state index in [-0.39, 0.29) is 13.2 Å². The van der Waals surface area contributed by atoms with Crippen molar-refractivity contribution in [1.82, 2.24) is 0 Å². The normalized spacial score (nSPS) is 22.3. The number of hydrogen-bond acceptors (Lipinski definition) is 3. The summed E-state index contributed by atoms with van der Waals surface area (Å²) in [5.74, 6) is 1.50. The highest BCUT2D eigenvalue weighted by atomic mass is 32.2. The average molecular weight is 545 g/mol. The highest BCUT2D eigenvalue weighted by Crippen LogP contribution is 2.44. The third-order valence-corrected chi connectivity index (χ3v) is 9.92. The number of halogens is 3. The third kappa shape index (κ3) is 7.10. The minimum atomic E-state index is -5.81. The van der Waals surface area contributed by atoms with Crippen LogP contribution in [0.2, 0.25) is 0 Å². The summed E-state index contributed by atoms with van der Waals surface area (Å²) in [5.41, 5.74) is 5.27. The van der Waals surface area contributed by atoms with E-state index in [0.717, 1.165) is 31.2 Å². The molecule has 3 saturated carbocycles. The zero-order valence-electron chi connectivity index (χ0n) is 21.9. The van der Waals surface area contributed by atoms with Gasteiger partial charge in [0.15, 0.2) is 6.17 Å². The number of benzene rings is 1.